The van der Waals surface area contributed by atoms with Gasteiger partial charge in [0, 0.05) is 20.0 Å². The van der Waals surface area contributed by atoms with Gasteiger partial charge in [-0.25, -0.2) is 26.3 Å². The summed E-state index contributed by atoms with van der Waals surface area (Å²) in [7, 11) is -2.95. The number of nitrogens with zero attached hydrogens (tertiary/aromatic N) is 2. The Kier molecular flexibility index (Phi) is 13.7. The van der Waals surface area contributed by atoms with E-state index in [1.165, 1.54) is 4.90 Å². The fourth-order valence-corrected chi connectivity index (χ4v) is 10.9. The normalized spacial score (nSPS) is 25.2. The maximum atomic E-state index is 15.0. The van der Waals surface area contributed by atoms with Crippen molar-refractivity contribution >= 4 is 51.2 Å². The van der Waals surface area contributed by atoms with Gasteiger partial charge in [0.25, 0.3) is 5.91 Å². The van der Waals surface area contributed by atoms with Crippen LogP contribution in [0, 0.1) is 11.3 Å². The van der Waals surface area contributed by atoms with Crippen LogP contribution in [-0.4, -0.2) is 95.7 Å². The summed E-state index contributed by atoms with van der Waals surface area (Å²) in [4.78, 5) is 58.5. The van der Waals surface area contributed by atoms with Crippen LogP contribution in [0.5, 0.6) is 0 Å². The Morgan fingerprint density at radius 3 is 2.29 bits per heavy atom. The van der Waals surface area contributed by atoms with Crippen LogP contribution in [0.3, 0.4) is 0 Å². The van der Waals surface area contributed by atoms with Gasteiger partial charge in [0.2, 0.25) is 28.3 Å². The van der Waals surface area contributed by atoms with E-state index in [1.54, 1.807) is 53.3 Å². The lowest BCUT2D eigenvalue weighted by Crippen LogP contribution is -2.60. The quantitative estimate of drug-likeness (QED) is 0.175. The Hall–Kier alpha value is -3.72. The zero-order valence-electron chi connectivity index (χ0n) is 35.0. The number of ether oxygens (including phenoxy) is 1. The van der Waals surface area contributed by atoms with E-state index in [-0.39, 0.29) is 19.4 Å². The molecule has 3 aliphatic carbocycles. The number of nitrogens with one attached hydrogen (secondary N) is 2. The fourth-order valence-electron chi connectivity index (χ4n) is 7.71. The van der Waals surface area contributed by atoms with Crippen molar-refractivity contribution < 1.29 is 41.1 Å². The van der Waals surface area contributed by atoms with Gasteiger partial charge in [0.05, 0.1) is 10.00 Å². The zero-order chi connectivity index (χ0) is 42.8. The highest BCUT2D eigenvalue weighted by molar-refractivity contribution is 8.00. The molecular weight excluding hydrogens is 787 g/mol. The molecule has 4 amide bonds. The van der Waals surface area contributed by atoms with Gasteiger partial charge in [-0.15, -0.1) is 11.8 Å². The first-order chi connectivity index (χ1) is 27.0. The molecule has 0 radical (unpaired) electrons. The molecule has 1 heterocycles. The maximum absolute atomic E-state index is 15.0. The molecule has 0 bridgehead atoms. The van der Waals surface area contributed by atoms with E-state index in [0.717, 1.165) is 43.0 Å². The van der Waals surface area contributed by atoms with Crippen LogP contribution in [-0.2, 0) is 33.9 Å². The Morgan fingerprint density at radius 2 is 1.71 bits per heavy atom. The highest BCUT2D eigenvalue weighted by Crippen LogP contribution is 2.52. The number of carbonyl (C=O) groups is 4. The van der Waals surface area contributed by atoms with Gasteiger partial charge in [-0.1, -0.05) is 88.8 Å². The number of sulfonamides is 1. The van der Waals surface area contributed by atoms with E-state index in [4.69, 9.17) is 4.74 Å². The molecule has 0 spiro atoms. The first kappa shape index (κ1) is 45.4. The molecule has 1 aliphatic heterocycles. The third-order valence-electron chi connectivity index (χ3n) is 11.2. The minimum absolute atomic E-state index is 0.0585. The SMILES string of the molecule is CCCCS[C@@]1(c2ccc(C3=CC=CCC=C3)cc2)C[C@@H](C(=O)N[C@]2(C(=O)N(C)S(=O)(=O)C3CC3)C[C@H]2CC(F)F)N(C(=O)[C@@H](NC(=O)OC(C)(C)C)C(C)(C)C)C1. The van der Waals surface area contributed by atoms with Crippen LogP contribution in [0.2, 0.25) is 0 Å². The summed E-state index contributed by atoms with van der Waals surface area (Å²) >= 11 is 1.63. The van der Waals surface area contributed by atoms with Gasteiger partial charge in [0.1, 0.15) is 23.2 Å². The second-order valence-electron chi connectivity index (χ2n) is 18.1. The number of alkyl carbamates (subject to hydrolysis) is 1. The molecule has 1 aromatic rings. The third kappa shape index (κ3) is 10.3. The van der Waals surface area contributed by atoms with E-state index in [1.807, 2.05) is 36.4 Å². The number of likely N-dealkylation sites (tertiary alicyclic amines) is 1. The number of alkyl halides is 2. The Balaban J connectivity index is 1.57. The molecule has 58 heavy (non-hydrogen) atoms. The Bertz CT molecular complexity index is 1920. The molecule has 2 saturated carbocycles. The van der Waals surface area contributed by atoms with Crippen LogP contribution in [0.15, 0.2) is 54.6 Å². The number of carbonyl (C=O) groups excluding carboxylic acids is 4. The molecule has 4 aliphatic rings. The van der Waals surface area contributed by atoms with Crippen LogP contribution >= 0.6 is 11.8 Å². The van der Waals surface area contributed by atoms with Crippen molar-refractivity contribution in [2.75, 3.05) is 19.3 Å². The Morgan fingerprint density at radius 1 is 1.03 bits per heavy atom. The number of halogens is 2. The highest BCUT2D eigenvalue weighted by Gasteiger charge is 2.65. The van der Waals surface area contributed by atoms with Gasteiger partial charge in [0.15, 0.2) is 0 Å². The highest BCUT2D eigenvalue weighted by atomic mass is 32.2. The minimum atomic E-state index is -4.06. The number of amides is 4. The molecular formula is C43H60F2N4O7S2. The molecule has 11 nitrogen and oxygen atoms in total. The number of hydrogen-bond donors (Lipinski definition) is 2. The molecule has 15 heteroatoms. The van der Waals surface area contributed by atoms with Crippen LogP contribution in [0.4, 0.5) is 13.6 Å². The lowest BCUT2D eigenvalue weighted by molar-refractivity contribution is -0.143. The van der Waals surface area contributed by atoms with E-state index in [9.17, 15) is 36.4 Å². The van der Waals surface area contributed by atoms with E-state index in [0.29, 0.717) is 22.9 Å². The van der Waals surface area contributed by atoms with E-state index in [2.05, 4.69) is 35.8 Å². The lowest BCUT2D eigenvalue weighted by Gasteiger charge is -2.36. The van der Waals surface area contributed by atoms with Crippen molar-refractivity contribution in [1.82, 2.24) is 19.8 Å². The van der Waals surface area contributed by atoms with Gasteiger partial charge in [-0.3, -0.25) is 14.4 Å². The number of allylic oxidation sites excluding steroid dienone is 6. The molecule has 3 fully saturated rings. The largest absolute Gasteiger partial charge is 0.444 e. The van der Waals surface area contributed by atoms with E-state index < -0.39 is 91.2 Å². The van der Waals surface area contributed by atoms with Gasteiger partial charge in [-0.2, -0.15) is 0 Å². The second kappa shape index (κ2) is 17.5. The van der Waals surface area contributed by atoms with Crippen molar-refractivity contribution in [1.29, 1.82) is 0 Å². The summed E-state index contributed by atoms with van der Waals surface area (Å²) < 4.78 is 59.4. The fraction of sp³-hybridized carbons (Fsp3) is 0.628. The van der Waals surface area contributed by atoms with Crippen molar-refractivity contribution in [3.63, 3.8) is 0 Å². The number of benzene rings is 1. The van der Waals surface area contributed by atoms with Crippen molar-refractivity contribution in [2.45, 2.75) is 139 Å². The summed E-state index contributed by atoms with van der Waals surface area (Å²) in [5.74, 6) is -2.59. The van der Waals surface area contributed by atoms with Gasteiger partial charge in [-0.05, 0) is 93.1 Å². The average Bonchev–Trinajstić information content (AvgIpc) is 4.06. The van der Waals surface area contributed by atoms with Crippen LogP contribution in [0.25, 0.3) is 5.57 Å². The minimum Gasteiger partial charge on any atom is -0.444 e. The molecule has 320 valence electrons. The average molecular weight is 847 g/mol. The molecule has 5 rings (SSSR count). The number of likely N-dealkylation sites (N-methyl/N-ethyl adjacent to an activating group) is 1. The van der Waals surface area contributed by atoms with Gasteiger partial charge >= 0.3 is 6.09 Å². The lowest BCUT2D eigenvalue weighted by atomic mass is 9.85. The number of unbranched alkanes of at least 4 members (excludes halogenated alkanes) is 1. The number of hydrogen-bond acceptors (Lipinski definition) is 8. The summed E-state index contributed by atoms with van der Waals surface area (Å²) in [5, 5.41) is 4.77. The first-order valence-corrected chi connectivity index (χ1v) is 22.7. The molecule has 5 atom stereocenters. The number of rotatable bonds is 15. The summed E-state index contributed by atoms with van der Waals surface area (Å²) in [6.45, 7) is 12.6. The standard InChI is InChI=1S/C43H60F2N4O7S2/c1-9-10-23-57-42(30-19-17-29(18-20-30)28-15-13-11-12-14-16-28)26-33(49(27-42)37(51)35(40(2,3)4)46-39(53)56-41(5,6)7)36(50)47-43(25-31(43)24-34(44)45)38(52)48(8)58(54,55)32-21-22-32/h11,13-20,31-35H,9-10,12,21-27H2,1-8H3,(H,46,53)(H,47,50)/t31-,33+,35-,42+,43-/m1/s1. The molecule has 1 saturated heterocycles. The van der Waals surface area contributed by atoms with Gasteiger partial charge < -0.3 is 20.3 Å². The van der Waals surface area contributed by atoms with Crippen LogP contribution < -0.4 is 10.6 Å². The van der Waals surface area contributed by atoms with Crippen molar-refractivity contribution in [2.24, 2.45) is 11.3 Å². The summed E-state index contributed by atoms with van der Waals surface area (Å²) in [6.07, 6.45) is 9.21. The maximum Gasteiger partial charge on any atom is 0.408 e. The van der Waals surface area contributed by atoms with E-state index >= 15 is 0 Å². The number of thioether (sulfide) groups is 1. The third-order valence-corrected chi connectivity index (χ3v) is 15.0. The Labute approximate surface area is 346 Å². The van der Waals surface area contributed by atoms with Crippen molar-refractivity contribution in [3.05, 3.63) is 65.8 Å². The monoisotopic (exact) mass is 846 g/mol. The zero-order valence-corrected chi connectivity index (χ0v) is 36.6. The first-order valence-electron chi connectivity index (χ1n) is 20.3. The predicted molar refractivity (Wildman–Crippen MR) is 223 cm³/mol. The summed E-state index contributed by atoms with van der Waals surface area (Å²) in [6, 6.07) is 5.66. The summed E-state index contributed by atoms with van der Waals surface area (Å²) in [5.41, 5.74) is -0.730. The van der Waals surface area contributed by atoms with Crippen molar-refractivity contribution in [3.8, 4) is 0 Å². The predicted octanol–water partition coefficient (Wildman–Crippen LogP) is 7.34. The topological polar surface area (TPSA) is 142 Å². The molecule has 0 aromatic heterocycles. The molecule has 2 N–H and O–H groups in total. The second-order valence-corrected chi connectivity index (χ2v) is 21.8. The van der Waals surface area contributed by atoms with Crippen LogP contribution in [0.1, 0.15) is 111 Å². The smallest absolute Gasteiger partial charge is 0.408 e. The molecule has 0 unspecified atom stereocenters. The molecule has 1 aromatic carbocycles.